The molecule has 9 unspecified atom stereocenters. The molecule has 26 heavy (non-hydrogen) atoms. The van der Waals surface area contributed by atoms with Crippen molar-refractivity contribution in [3.63, 3.8) is 0 Å². The lowest BCUT2D eigenvalue weighted by molar-refractivity contribution is -0.292. The van der Waals surface area contributed by atoms with Crippen LogP contribution in [0.25, 0.3) is 0 Å². The number of hydrogen-bond donors (Lipinski definition) is 3. The lowest BCUT2D eigenvalue weighted by atomic mass is 9.39. The Morgan fingerprint density at radius 2 is 2.04 bits per heavy atom. The van der Waals surface area contributed by atoms with E-state index in [1.165, 1.54) is 0 Å². The lowest BCUT2D eigenvalue weighted by Crippen LogP contribution is -2.71. The summed E-state index contributed by atoms with van der Waals surface area (Å²) in [5.74, 6) is -3.39. The monoisotopic (exact) mass is 362 g/mol. The molecule has 5 aliphatic rings. The quantitative estimate of drug-likeness (QED) is 0.466. The standard InChI is InChI=1S/C20H26O6/c1-10-11-7-19(25)16-18(9-26-19)5-3-4-17(2,8-21)12(18)6-13(22)20(16,14(10)23)15(11)24/h8,11-13,15-16,22,24-25H,1,3-7,9H2,2H3. The fourth-order valence-electron chi connectivity index (χ4n) is 7.78. The summed E-state index contributed by atoms with van der Waals surface area (Å²) in [6.45, 7) is 6.03. The van der Waals surface area contributed by atoms with E-state index < -0.39 is 46.1 Å². The molecule has 2 spiro atoms. The van der Waals surface area contributed by atoms with Crippen LogP contribution in [0.4, 0.5) is 0 Å². The number of ether oxygens (including phenoxy) is 1. The highest BCUT2D eigenvalue weighted by Gasteiger charge is 2.83. The number of Topliss-reactive ketones (excluding diaryl/α,β-unsaturated/α-hetero) is 1. The molecule has 6 nitrogen and oxygen atoms in total. The number of carbonyl (C=O) groups is 2. The van der Waals surface area contributed by atoms with E-state index in [4.69, 9.17) is 4.74 Å². The van der Waals surface area contributed by atoms with Crippen molar-refractivity contribution in [2.45, 2.75) is 57.0 Å². The first-order valence-corrected chi connectivity index (χ1v) is 9.60. The Morgan fingerprint density at radius 3 is 2.73 bits per heavy atom. The van der Waals surface area contributed by atoms with Gasteiger partial charge in [-0.15, -0.1) is 0 Å². The van der Waals surface area contributed by atoms with Crippen LogP contribution in [0.3, 0.4) is 0 Å². The van der Waals surface area contributed by atoms with E-state index in [-0.39, 0.29) is 36.7 Å². The van der Waals surface area contributed by atoms with Crippen LogP contribution in [0.15, 0.2) is 12.2 Å². The van der Waals surface area contributed by atoms with Gasteiger partial charge in [0.05, 0.1) is 24.2 Å². The van der Waals surface area contributed by atoms with Gasteiger partial charge < -0.3 is 24.9 Å². The minimum absolute atomic E-state index is 0.115. The molecule has 1 saturated heterocycles. The fraction of sp³-hybridized carbons (Fsp3) is 0.800. The minimum Gasteiger partial charge on any atom is -0.392 e. The zero-order valence-corrected chi connectivity index (χ0v) is 15.0. The van der Waals surface area contributed by atoms with Crippen molar-refractivity contribution in [1.82, 2.24) is 0 Å². The van der Waals surface area contributed by atoms with E-state index >= 15 is 0 Å². The largest absolute Gasteiger partial charge is 0.392 e. The van der Waals surface area contributed by atoms with Gasteiger partial charge in [-0.25, -0.2) is 0 Å². The highest BCUT2D eigenvalue weighted by Crippen LogP contribution is 2.75. The highest BCUT2D eigenvalue weighted by atomic mass is 16.6. The number of aliphatic hydroxyl groups excluding tert-OH is 2. The molecule has 3 N–H and O–H groups in total. The minimum atomic E-state index is -1.57. The smallest absolute Gasteiger partial charge is 0.170 e. The van der Waals surface area contributed by atoms with Gasteiger partial charge in [0.2, 0.25) is 0 Å². The Kier molecular flexibility index (Phi) is 3.06. The first-order chi connectivity index (χ1) is 12.2. The third kappa shape index (κ3) is 1.49. The Labute approximate surface area is 152 Å². The summed E-state index contributed by atoms with van der Waals surface area (Å²) < 4.78 is 5.95. The van der Waals surface area contributed by atoms with Gasteiger partial charge in [-0.2, -0.15) is 0 Å². The van der Waals surface area contributed by atoms with E-state index in [9.17, 15) is 24.9 Å². The maximum absolute atomic E-state index is 13.3. The third-order valence-electron chi connectivity index (χ3n) is 8.74. The fourth-order valence-corrected chi connectivity index (χ4v) is 7.78. The second-order valence-electron chi connectivity index (χ2n) is 9.62. The normalized spacial score (nSPS) is 60.5. The number of rotatable bonds is 1. The molecule has 0 aromatic carbocycles. The highest BCUT2D eigenvalue weighted by molar-refractivity contribution is 6.04. The summed E-state index contributed by atoms with van der Waals surface area (Å²) in [6, 6.07) is 0. The summed E-state index contributed by atoms with van der Waals surface area (Å²) >= 11 is 0. The number of ketones is 1. The second-order valence-corrected chi connectivity index (χ2v) is 9.62. The number of hydrogen-bond acceptors (Lipinski definition) is 6. The van der Waals surface area contributed by atoms with Gasteiger partial charge in [-0.05, 0) is 30.8 Å². The Balaban J connectivity index is 1.77. The second kappa shape index (κ2) is 4.66. The van der Waals surface area contributed by atoms with Crippen molar-refractivity contribution in [3.05, 3.63) is 12.2 Å². The van der Waals surface area contributed by atoms with Crippen molar-refractivity contribution < 1.29 is 29.6 Å². The van der Waals surface area contributed by atoms with Gasteiger partial charge in [0, 0.05) is 29.1 Å². The molecule has 2 bridgehead atoms. The third-order valence-corrected chi connectivity index (χ3v) is 8.74. The molecule has 1 aliphatic heterocycles. The van der Waals surface area contributed by atoms with Gasteiger partial charge in [0.15, 0.2) is 11.6 Å². The topological polar surface area (TPSA) is 104 Å². The van der Waals surface area contributed by atoms with Crippen LogP contribution in [-0.4, -0.2) is 52.0 Å². The molecule has 0 radical (unpaired) electrons. The maximum Gasteiger partial charge on any atom is 0.170 e. The van der Waals surface area contributed by atoms with Crippen LogP contribution in [-0.2, 0) is 14.3 Å². The van der Waals surface area contributed by atoms with Crippen molar-refractivity contribution in [3.8, 4) is 0 Å². The van der Waals surface area contributed by atoms with E-state index in [0.717, 1.165) is 25.5 Å². The van der Waals surface area contributed by atoms with Crippen LogP contribution in [0.2, 0.25) is 0 Å². The number of aldehydes is 1. The summed E-state index contributed by atoms with van der Waals surface area (Å²) in [4.78, 5) is 25.2. The van der Waals surface area contributed by atoms with Crippen molar-refractivity contribution in [2.24, 2.45) is 34.0 Å². The van der Waals surface area contributed by atoms with Gasteiger partial charge >= 0.3 is 0 Å². The molecule has 142 valence electrons. The van der Waals surface area contributed by atoms with Crippen LogP contribution >= 0.6 is 0 Å². The van der Waals surface area contributed by atoms with Gasteiger partial charge in [-0.3, -0.25) is 4.79 Å². The molecular formula is C20H26O6. The Hall–Kier alpha value is -1.08. The molecule has 5 rings (SSSR count). The van der Waals surface area contributed by atoms with Crippen LogP contribution in [0.1, 0.15) is 39.0 Å². The number of fused-ring (bicyclic) bond motifs is 1. The summed E-state index contributed by atoms with van der Waals surface area (Å²) in [5.41, 5.74) is -2.40. The molecule has 4 saturated carbocycles. The molecule has 1 heterocycles. The van der Waals surface area contributed by atoms with E-state index in [1.54, 1.807) is 0 Å². The molecule has 4 aliphatic carbocycles. The van der Waals surface area contributed by atoms with Crippen molar-refractivity contribution >= 4 is 12.1 Å². The molecule has 0 amide bonds. The molecule has 0 aromatic rings. The Morgan fingerprint density at radius 1 is 1.31 bits per heavy atom. The maximum atomic E-state index is 13.3. The SMILES string of the molecule is C=C1C(=O)C23C(O)CC4C(C)(C=O)CCCC45COC(O)(CC1C2O)C53. The van der Waals surface area contributed by atoms with Crippen LogP contribution in [0.5, 0.6) is 0 Å². The van der Waals surface area contributed by atoms with Gasteiger partial charge in [0.1, 0.15) is 6.29 Å². The summed E-state index contributed by atoms with van der Waals surface area (Å²) in [7, 11) is 0. The zero-order chi connectivity index (χ0) is 18.7. The Bertz CT molecular complexity index is 734. The molecule has 5 fully saturated rings. The van der Waals surface area contributed by atoms with Crippen LogP contribution < -0.4 is 0 Å². The molecule has 9 atom stereocenters. The molecular weight excluding hydrogens is 336 g/mol. The summed E-state index contributed by atoms with van der Waals surface area (Å²) in [5, 5.41) is 33.7. The first kappa shape index (κ1) is 17.0. The zero-order valence-electron chi connectivity index (χ0n) is 15.0. The van der Waals surface area contributed by atoms with E-state index in [0.29, 0.717) is 0 Å². The number of carbonyl (C=O) groups excluding carboxylic acids is 2. The summed E-state index contributed by atoms with van der Waals surface area (Å²) in [6.07, 6.45) is 1.39. The van der Waals surface area contributed by atoms with Gasteiger partial charge in [-0.1, -0.05) is 19.9 Å². The predicted octanol–water partition coefficient (Wildman–Crippen LogP) is 0.584. The number of aliphatic hydroxyl groups is 3. The van der Waals surface area contributed by atoms with E-state index in [2.05, 4.69) is 6.58 Å². The van der Waals surface area contributed by atoms with Crippen molar-refractivity contribution in [1.29, 1.82) is 0 Å². The van der Waals surface area contributed by atoms with Crippen LogP contribution in [0, 0.1) is 34.0 Å². The first-order valence-electron chi connectivity index (χ1n) is 9.60. The molecule has 0 aromatic heterocycles. The molecule has 6 heteroatoms. The average Bonchev–Trinajstić information content (AvgIpc) is 2.96. The predicted molar refractivity (Wildman–Crippen MR) is 89.7 cm³/mol. The lowest BCUT2D eigenvalue weighted by Gasteiger charge is -2.64. The van der Waals surface area contributed by atoms with Crippen molar-refractivity contribution in [2.75, 3.05) is 6.61 Å². The average molecular weight is 362 g/mol. The van der Waals surface area contributed by atoms with Gasteiger partial charge in [0.25, 0.3) is 0 Å². The van der Waals surface area contributed by atoms with E-state index in [1.807, 2.05) is 6.92 Å².